The number of carbonyl (C=O) groups is 1. The number of para-hydroxylation sites is 2. The zero-order chi connectivity index (χ0) is 16.5. The molecule has 23 heavy (non-hydrogen) atoms. The summed E-state index contributed by atoms with van der Waals surface area (Å²) in [7, 11) is 0. The fourth-order valence-corrected chi connectivity index (χ4v) is 2.32. The summed E-state index contributed by atoms with van der Waals surface area (Å²) in [6, 6.07) is 18.6. The summed E-state index contributed by atoms with van der Waals surface area (Å²) in [6.07, 6.45) is 2.91. The van der Waals surface area contributed by atoms with Gasteiger partial charge < -0.3 is 10.8 Å². The van der Waals surface area contributed by atoms with Crippen LogP contribution in [0.4, 0.5) is 0 Å². The van der Waals surface area contributed by atoms with Crippen molar-refractivity contribution in [3.63, 3.8) is 0 Å². The van der Waals surface area contributed by atoms with Gasteiger partial charge in [-0.1, -0.05) is 42.8 Å². The van der Waals surface area contributed by atoms with Crippen LogP contribution in [0.15, 0.2) is 54.6 Å². The first-order valence-corrected chi connectivity index (χ1v) is 7.87. The van der Waals surface area contributed by atoms with Crippen molar-refractivity contribution in [1.29, 1.82) is 0 Å². The van der Waals surface area contributed by atoms with Gasteiger partial charge in [0.15, 0.2) is 0 Å². The van der Waals surface area contributed by atoms with E-state index in [2.05, 4.69) is 23.2 Å². The molecule has 0 aliphatic rings. The minimum Gasteiger partial charge on any atom is -0.481 e. The van der Waals surface area contributed by atoms with Gasteiger partial charge in [-0.2, -0.15) is 0 Å². The third-order valence-electron chi connectivity index (χ3n) is 3.52. The normalized spacial score (nSPS) is 10.3. The van der Waals surface area contributed by atoms with Crippen LogP contribution in [0.3, 0.4) is 0 Å². The Morgan fingerprint density at radius 1 is 0.913 bits per heavy atom. The molecule has 0 bridgehead atoms. The van der Waals surface area contributed by atoms with Crippen molar-refractivity contribution in [3.05, 3.63) is 54.6 Å². The average molecular weight is 310 g/mol. The summed E-state index contributed by atoms with van der Waals surface area (Å²) in [5.74, 6) is -0.716. The van der Waals surface area contributed by atoms with Gasteiger partial charge in [0.1, 0.15) is 0 Å². The van der Waals surface area contributed by atoms with Gasteiger partial charge in [0.25, 0.3) is 0 Å². The molecule has 2 aromatic carbocycles. The number of unbranched alkanes of at least 4 members (excludes halogenated alkanes) is 2. The largest absolute Gasteiger partial charge is 0.481 e. The number of hydrogen-bond donors (Lipinski definition) is 2. The van der Waals surface area contributed by atoms with E-state index < -0.39 is 5.97 Å². The molecule has 0 fully saturated rings. The lowest BCUT2D eigenvalue weighted by atomic mass is 10.1. The molecule has 3 aromatic rings. The fourth-order valence-electron chi connectivity index (χ4n) is 2.32. The summed E-state index contributed by atoms with van der Waals surface area (Å²) in [6.45, 7) is 0.666. The van der Waals surface area contributed by atoms with Gasteiger partial charge in [0.05, 0.1) is 11.0 Å². The number of carboxylic acid groups (broad SMARTS) is 1. The number of nitrogens with zero attached hydrogens (tertiary/aromatic N) is 1. The van der Waals surface area contributed by atoms with Gasteiger partial charge in [-0.25, -0.2) is 4.98 Å². The first-order valence-electron chi connectivity index (χ1n) is 7.87. The molecule has 0 unspecified atom stereocenters. The van der Waals surface area contributed by atoms with Gasteiger partial charge in [0, 0.05) is 17.2 Å². The van der Waals surface area contributed by atoms with Crippen molar-refractivity contribution < 1.29 is 9.90 Å². The smallest absolute Gasteiger partial charge is 0.303 e. The highest BCUT2D eigenvalue weighted by molar-refractivity contribution is 5.92. The Bertz CT molecular complexity index is 666. The van der Waals surface area contributed by atoms with E-state index in [0.717, 1.165) is 30.3 Å². The number of aliphatic carboxylic acids is 1. The number of hydrogen-bond acceptors (Lipinski definition) is 3. The van der Waals surface area contributed by atoms with E-state index >= 15 is 0 Å². The van der Waals surface area contributed by atoms with Crippen molar-refractivity contribution in [3.8, 4) is 0 Å². The highest BCUT2D eigenvalue weighted by Crippen LogP contribution is 2.18. The summed E-state index contributed by atoms with van der Waals surface area (Å²) in [5.41, 5.74) is 7.32. The molecule has 3 N–H and O–H groups in total. The van der Waals surface area contributed by atoms with Gasteiger partial charge >= 0.3 is 5.97 Å². The third kappa shape index (κ3) is 5.34. The standard InChI is InChI=1S/C13H9N.C6H13NO2/c1-3-7-12-10(5-1)9-11-6-2-4-8-13(11)14-12;7-5-3-1-2-4-6(8)9/h1-9H;1-5,7H2,(H,8,9). The van der Waals surface area contributed by atoms with Crippen molar-refractivity contribution in [2.75, 3.05) is 6.54 Å². The molecule has 1 aromatic heterocycles. The van der Waals surface area contributed by atoms with E-state index in [9.17, 15) is 4.79 Å². The van der Waals surface area contributed by atoms with Gasteiger partial charge in [-0.15, -0.1) is 0 Å². The molecule has 120 valence electrons. The number of rotatable bonds is 5. The maximum absolute atomic E-state index is 9.93. The topological polar surface area (TPSA) is 76.2 Å². The van der Waals surface area contributed by atoms with Crippen molar-refractivity contribution in [2.45, 2.75) is 25.7 Å². The molecule has 0 saturated heterocycles. The summed E-state index contributed by atoms with van der Waals surface area (Å²) >= 11 is 0. The number of nitrogens with two attached hydrogens (primary N) is 1. The maximum Gasteiger partial charge on any atom is 0.303 e. The van der Waals surface area contributed by atoms with E-state index in [4.69, 9.17) is 10.8 Å². The van der Waals surface area contributed by atoms with Crippen LogP contribution in [0.25, 0.3) is 21.8 Å². The molecule has 0 spiro atoms. The molecule has 0 saturated carbocycles. The minimum absolute atomic E-state index is 0.278. The van der Waals surface area contributed by atoms with Crippen LogP contribution in [0.2, 0.25) is 0 Å². The molecule has 3 rings (SSSR count). The Hall–Kier alpha value is -2.46. The fraction of sp³-hybridized carbons (Fsp3) is 0.263. The predicted octanol–water partition coefficient (Wildman–Crippen LogP) is 3.98. The Kier molecular flexibility index (Phi) is 6.51. The monoisotopic (exact) mass is 310 g/mol. The second-order valence-electron chi connectivity index (χ2n) is 5.37. The molecule has 0 aliphatic carbocycles. The van der Waals surface area contributed by atoms with Crippen LogP contribution in [-0.4, -0.2) is 22.6 Å². The van der Waals surface area contributed by atoms with E-state index in [-0.39, 0.29) is 6.42 Å². The van der Waals surface area contributed by atoms with Crippen LogP contribution in [0.1, 0.15) is 25.7 Å². The number of benzene rings is 2. The van der Waals surface area contributed by atoms with E-state index in [0.29, 0.717) is 6.54 Å². The minimum atomic E-state index is -0.716. The van der Waals surface area contributed by atoms with Crippen LogP contribution in [0.5, 0.6) is 0 Å². The lowest BCUT2D eigenvalue weighted by molar-refractivity contribution is -0.137. The van der Waals surface area contributed by atoms with Crippen LogP contribution >= 0.6 is 0 Å². The number of carboxylic acids is 1. The SMILES string of the molecule is NCCCCCC(=O)O.c1ccc2nc3ccccc3cc2c1. The van der Waals surface area contributed by atoms with Crippen LogP contribution < -0.4 is 5.73 Å². The second-order valence-corrected chi connectivity index (χ2v) is 5.37. The predicted molar refractivity (Wildman–Crippen MR) is 94.4 cm³/mol. The van der Waals surface area contributed by atoms with Crippen LogP contribution in [-0.2, 0) is 4.79 Å². The highest BCUT2D eigenvalue weighted by atomic mass is 16.4. The van der Waals surface area contributed by atoms with Crippen molar-refractivity contribution >= 4 is 27.8 Å². The molecule has 0 atom stereocenters. The van der Waals surface area contributed by atoms with E-state index in [1.807, 2.05) is 36.4 Å². The maximum atomic E-state index is 9.93. The second kappa shape index (κ2) is 8.86. The summed E-state index contributed by atoms with van der Waals surface area (Å²) in [5, 5.41) is 10.6. The zero-order valence-electron chi connectivity index (χ0n) is 13.1. The number of aromatic nitrogens is 1. The highest BCUT2D eigenvalue weighted by Gasteiger charge is 1.96. The molecule has 4 nitrogen and oxygen atoms in total. The summed E-state index contributed by atoms with van der Waals surface area (Å²) < 4.78 is 0. The Morgan fingerprint density at radius 3 is 2.00 bits per heavy atom. The van der Waals surface area contributed by atoms with E-state index in [1.165, 1.54) is 10.8 Å². The molecule has 4 heteroatoms. The Morgan fingerprint density at radius 2 is 1.48 bits per heavy atom. The first-order chi connectivity index (χ1) is 11.2. The van der Waals surface area contributed by atoms with Crippen LogP contribution in [0, 0.1) is 0 Å². The quantitative estimate of drug-likeness (QED) is 0.552. The van der Waals surface area contributed by atoms with Crippen molar-refractivity contribution in [1.82, 2.24) is 4.98 Å². The van der Waals surface area contributed by atoms with E-state index in [1.54, 1.807) is 0 Å². The molecular weight excluding hydrogens is 288 g/mol. The molecule has 0 radical (unpaired) electrons. The van der Waals surface area contributed by atoms with Gasteiger partial charge in [-0.05, 0) is 37.6 Å². The Labute approximate surface area is 136 Å². The Balaban J connectivity index is 0.000000188. The molecular formula is C19H22N2O2. The lowest BCUT2D eigenvalue weighted by Crippen LogP contribution is -1.99. The number of pyridine rings is 1. The average Bonchev–Trinajstić information content (AvgIpc) is 2.57. The number of fused-ring (bicyclic) bond motifs is 2. The lowest BCUT2D eigenvalue weighted by Gasteiger charge is -1.99. The summed E-state index contributed by atoms with van der Waals surface area (Å²) in [4.78, 5) is 14.5. The first kappa shape index (κ1) is 16.9. The van der Waals surface area contributed by atoms with Gasteiger partial charge in [-0.3, -0.25) is 4.79 Å². The third-order valence-corrected chi connectivity index (χ3v) is 3.52. The molecule has 0 aliphatic heterocycles. The zero-order valence-corrected chi connectivity index (χ0v) is 13.1. The van der Waals surface area contributed by atoms with Crippen molar-refractivity contribution in [2.24, 2.45) is 5.73 Å². The molecule has 1 heterocycles. The van der Waals surface area contributed by atoms with Gasteiger partial charge in [0.2, 0.25) is 0 Å². The molecule has 0 amide bonds.